The van der Waals surface area contributed by atoms with E-state index in [1.807, 2.05) is 72.8 Å². The summed E-state index contributed by atoms with van der Waals surface area (Å²) in [6.45, 7) is 1.14. The minimum absolute atomic E-state index is 0.0365. The van der Waals surface area contributed by atoms with Gasteiger partial charge in [-0.05, 0) is 17.2 Å². The molecular formula is C24H21BrN4OS. The van der Waals surface area contributed by atoms with Crippen LogP contribution in [0.3, 0.4) is 0 Å². The predicted molar refractivity (Wildman–Crippen MR) is 128 cm³/mol. The molecule has 1 aromatic heterocycles. The third-order valence-electron chi connectivity index (χ3n) is 4.68. The molecule has 7 heteroatoms. The molecule has 4 aromatic rings. The molecule has 156 valence electrons. The van der Waals surface area contributed by atoms with Crippen LogP contribution in [0, 0.1) is 0 Å². The van der Waals surface area contributed by atoms with Gasteiger partial charge in [-0.15, -0.1) is 10.2 Å². The third-order valence-corrected chi connectivity index (χ3v) is 6.34. The highest BCUT2D eigenvalue weighted by Crippen LogP contribution is 2.30. The molecule has 0 saturated carbocycles. The fourth-order valence-electron chi connectivity index (χ4n) is 3.12. The van der Waals surface area contributed by atoms with E-state index in [4.69, 9.17) is 0 Å². The maximum Gasteiger partial charge on any atom is 0.230 e. The molecule has 1 amide bonds. The zero-order chi connectivity index (χ0) is 21.5. The van der Waals surface area contributed by atoms with Gasteiger partial charge in [-0.2, -0.15) is 0 Å². The van der Waals surface area contributed by atoms with Crippen molar-refractivity contribution in [1.29, 1.82) is 0 Å². The lowest BCUT2D eigenvalue weighted by Crippen LogP contribution is -2.24. The van der Waals surface area contributed by atoms with Gasteiger partial charge in [-0.25, -0.2) is 0 Å². The van der Waals surface area contributed by atoms with E-state index in [2.05, 4.69) is 48.1 Å². The Balaban J connectivity index is 1.51. The third kappa shape index (κ3) is 5.62. The molecular weight excluding hydrogens is 472 g/mol. The minimum Gasteiger partial charge on any atom is -0.351 e. The number of halogens is 1. The van der Waals surface area contributed by atoms with Crippen molar-refractivity contribution in [3.63, 3.8) is 0 Å². The Hall–Kier alpha value is -2.90. The summed E-state index contributed by atoms with van der Waals surface area (Å²) in [7, 11) is 0. The summed E-state index contributed by atoms with van der Waals surface area (Å²) >= 11 is 5.01. The predicted octanol–water partition coefficient (Wildman–Crippen LogP) is 5.16. The van der Waals surface area contributed by atoms with E-state index in [9.17, 15) is 4.79 Å². The number of benzene rings is 3. The molecule has 0 aliphatic rings. The molecule has 1 heterocycles. The molecule has 0 spiro atoms. The van der Waals surface area contributed by atoms with Crippen molar-refractivity contribution in [2.75, 3.05) is 5.75 Å². The average Bonchev–Trinajstić information content (AvgIpc) is 3.20. The van der Waals surface area contributed by atoms with Gasteiger partial charge < -0.3 is 5.32 Å². The summed E-state index contributed by atoms with van der Waals surface area (Å²) in [4.78, 5) is 12.4. The van der Waals surface area contributed by atoms with Crippen LogP contribution in [0.25, 0.3) is 11.4 Å². The Labute approximate surface area is 194 Å². The van der Waals surface area contributed by atoms with Crippen molar-refractivity contribution >= 4 is 33.6 Å². The first-order chi connectivity index (χ1) is 15.2. The topological polar surface area (TPSA) is 59.8 Å². The van der Waals surface area contributed by atoms with Gasteiger partial charge in [0.05, 0.1) is 12.3 Å². The maximum absolute atomic E-state index is 12.4. The Kier molecular flexibility index (Phi) is 7.17. The number of carbonyl (C=O) groups excluding carboxylic acids is 1. The second kappa shape index (κ2) is 10.4. The van der Waals surface area contributed by atoms with Gasteiger partial charge in [0.15, 0.2) is 11.0 Å². The number of thioether (sulfide) groups is 1. The van der Waals surface area contributed by atoms with Crippen LogP contribution < -0.4 is 5.32 Å². The number of rotatable bonds is 8. The van der Waals surface area contributed by atoms with Crippen molar-refractivity contribution in [2.45, 2.75) is 18.2 Å². The number of nitrogens with zero attached hydrogens (tertiary/aromatic N) is 3. The van der Waals surface area contributed by atoms with Crippen LogP contribution in [0.15, 0.2) is 94.6 Å². The summed E-state index contributed by atoms with van der Waals surface area (Å²) in [6.07, 6.45) is 0. The maximum atomic E-state index is 12.4. The summed E-state index contributed by atoms with van der Waals surface area (Å²) in [5.41, 5.74) is 3.18. The zero-order valence-corrected chi connectivity index (χ0v) is 19.1. The summed E-state index contributed by atoms with van der Waals surface area (Å²) in [5.74, 6) is 1.00. The zero-order valence-electron chi connectivity index (χ0n) is 16.7. The first kappa shape index (κ1) is 21.3. The van der Waals surface area contributed by atoms with E-state index >= 15 is 0 Å². The molecule has 0 bridgehead atoms. The lowest BCUT2D eigenvalue weighted by atomic mass is 10.2. The van der Waals surface area contributed by atoms with E-state index in [1.165, 1.54) is 11.8 Å². The van der Waals surface area contributed by atoms with Crippen LogP contribution in [-0.4, -0.2) is 26.4 Å². The van der Waals surface area contributed by atoms with Gasteiger partial charge in [0, 0.05) is 16.6 Å². The fourth-order valence-corrected chi connectivity index (χ4v) is 4.35. The van der Waals surface area contributed by atoms with Gasteiger partial charge in [0.25, 0.3) is 0 Å². The quantitative estimate of drug-likeness (QED) is 0.345. The van der Waals surface area contributed by atoms with Crippen molar-refractivity contribution in [2.24, 2.45) is 0 Å². The molecule has 0 saturated heterocycles. The first-order valence-corrected chi connectivity index (χ1v) is 11.6. The highest BCUT2D eigenvalue weighted by Gasteiger charge is 2.17. The molecule has 0 atom stereocenters. The van der Waals surface area contributed by atoms with Crippen LogP contribution in [-0.2, 0) is 17.9 Å². The molecule has 0 radical (unpaired) electrons. The fraction of sp³-hybridized carbons (Fsp3) is 0.125. The van der Waals surface area contributed by atoms with Crippen molar-refractivity contribution in [3.05, 3.63) is 101 Å². The highest BCUT2D eigenvalue weighted by molar-refractivity contribution is 9.10. The molecule has 0 aliphatic carbocycles. The van der Waals surface area contributed by atoms with Crippen molar-refractivity contribution in [1.82, 2.24) is 20.1 Å². The van der Waals surface area contributed by atoms with Gasteiger partial charge in [-0.3, -0.25) is 9.36 Å². The minimum atomic E-state index is -0.0365. The lowest BCUT2D eigenvalue weighted by molar-refractivity contribution is -0.118. The SMILES string of the molecule is O=C(CSc1nnc(-c2ccccc2Br)n1Cc1ccccc1)NCc1ccccc1. The molecule has 0 fully saturated rings. The van der Waals surface area contributed by atoms with Crippen LogP contribution in [0.4, 0.5) is 0 Å². The first-order valence-electron chi connectivity index (χ1n) is 9.86. The van der Waals surface area contributed by atoms with E-state index < -0.39 is 0 Å². The van der Waals surface area contributed by atoms with E-state index in [0.29, 0.717) is 18.2 Å². The number of amides is 1. The van der Waals surface area contributed by atoms with E-state index in [0.717, 1.165) is 27.0 Å². The normalized spacial score (nSPS) is 10.7. The second-order valence-electron chi connectivity index (χ2n) is 6.91. The van der Waals surface area contributed by atoms with Crippen LogP contribution >= 0.6 is 27.7 Å². The van der Waals surface area contributed by atoms with Crippen LogP contribution in [0.1, 0.15) is 11.1 Å². The van der Waals surface area contributed by atoms with Crippen LogP contribution in [0.2, 0.25) is 0 Å². The lowest BCUT2D eigenvalue weighted by Gasteiger charge is -2.11. The standard InChI is InChI=1S/C24H21BrN4OS/c25-21-14-8-7-13-20(21)23-27-28-24(29(23)16-19-11-5-2-6-12-19)31-17-22(30)26-15-18-9-3-1-4-10-18/h1-14H,15-17H2,(H,26,30). The molecule has 31 heavy (non-hydrogen) atoms. The molecule has 5 nitrogen and oxygen atoms in total. The number of aromatic nitrogens is 3. The van der Waals surface area contributed by atoms with Crippen LogP contribution in [0.5, 0.6) is 0 Å². The Morgan fingerprint density at radius 3 is 2.23 bits per heavy atom. The average molecular weight is 493 g/mol. The Morgan fingerprint density at radius 2 is 1.52 bits per heavy atom. The number of hydrogen-bond donors (Lipinski definition) is 1. The monoisotopic (exact) mass is 492 g/mol. The van der Waals surface area contributed by atoms with Crippen molar-refractivity contribution < 1.29 is 4.79 Å². The molecule has 0 aliphatic heterocycles. The molecule has 1 N–H and O–H groups in total. The van der Waals surface area contributed by atoms with Gasteiger partial charge >= 0.3 is 0 Å². The molecule has 4 rings (SSSR count). The Bertz CT molecular complexity index is 1150. The largest absolute Gasteiger partial charge is 0.351 e. The molecule has 3 aromatic carbocycles. The summed E-state index contributed by atoms with van der Waals surface area (Å²) in [5, 5.41) is 12.5. The Morgan fingerprint density at radius 1 is 0.871 bits per heavy atom. The highest BCUT2D eigenvalue weighted by atomic mass is 79.9. The summed E-state index contributed by atoms with van der Waals surface area (Å²) < 4.78 is 3.01. The second-order valence-corrected chi connectivity index (χ2v) is 8.71. The number of carbonyl (C=O) groups is 1. The number of hydrogen-bond acceptors (Lipinski definition) is 4. The summed E-state index contributed by atoms with van der Waals surface area (Å²) in [6, 6.07) is 28.0. The number of nitrogens with one attached hydrogen (secondary N) is 1. The van der Waals surface area contributed by atoms with Gasteiger partial charge in [0.2, 0.25) is 5.91 Å². The van der Waals surface area contributed by atoms with Crippen molar-refractivity contribution in [3.8, 4) is 11.4 Å². The van der Waals surface area contributed by atoms with Gasteiger partial charge in [-0.1, -0.05) is 107 Å². The molecule has 0 unspecified atom stereocenters. The van der Waals surface area contributed by atoms with E-state index in [-0.39, 0.29) is 11.7 Å². The van der Waals surface area contributed by atoms with Gasteiger partial charge in [0.1, 0.15) is 0 Å². The van der Waals surface area contributed by atoms with E-state index in [1.54, 1.807) is 0 Å². The smallest absolute Gasteiger partial charge is 0.230 e.